The van der Waals surface area contributed by atoms with Crippen LogP contribution >= 0.6 is 0 Å². The molecule has 0 radical (unpaired) electrons. The normalized spacial score (nSPS) is 12.7. The molecule has 9 N–H and O–H groups in total. The topological polar surface area (TPSA) is 314 Å². The van der Waals surface area contributed by atoms with Gasteiger partial charge in [0.1, 0.15) is 17.9 Å². The summed E-state index contributed by atoms with van der Waals surface area (Å²) < 4.78 is 10.2. The summed E-state index contributed by atoms with van der Waals surface area (Å²) in [5.41, 5.74) is 12.4. The highest BCUT2D eigenvalue weighted by molar-refractivity contribution is 5.91. The molecular formula is C33H38N12O7. The number of aromatic nitrogens is 4. The van der Waals surface area contributed by atoms with Crippen molar-refractivity contribution in [1.29, 1.82) is 10.5 Å². The van der Waals surface area contributed by atoms with Crippen LogP contribution in [-0.2, 0) is 9.59 Å². The number of rotatable bonds is 14. The van der Waals surface area contributed by atoms with E-state index in [-0.39, 0.29) is 42.1 Å². The standard InChI is InChI=1S/C18H21N5O3.C15H17N7O4/c1-4-11(2)16-22-17(26-23-16)15(8-12(3)24)21-18(25)20-14-7-5-6-13(9-14)10-19;16-6-8-2-1-3-9(4-8)19-15(25)20-11(5-12(18)24)14-21-13(22-26-14)10(17)7-23/h5-7,9,11,15H,4,8H2,1-3H3,(H2,20,21,25);1-4,10-11,23H,5,7,17H2,(H2,18,24)(H2,19,20,25)/t11-,15-;10-,11-/m00/s1. The summed E-state index contributed by atoms with van der Waals surface area (Å²) in [4.78, 5) is 55.5. The van der Waals surface area contributed by atoms with Gasteiger partial charge in [0.05, 0.1) is 42.3 Å². The number of benzene rings is 2. The number of aliphatic hydroxyl groups excluding tert-OH is 1. The third-order valence-corrected chi connectivity index (χ3v) is 7.10. The van der Waals surface area contributed by atoms with E-state index in [0.717, 1.165) is 6.42 Å². The molecule has 0 bridgehead atoms. The van der Waals surface area contributed by atoms with Gasteiger partial charge in [-0.2, -0.15) is 20.5 Å². The predicted molar refractivity (Wildman–Crippen MR) is 183 cm³/mol. The fourth-order valence-electron chi connectivity index (χ4n) is 4.27. The minimum Gasteiger partial charge on any atom is -0.394 e. The molecule has 0 aliphatic rings. The van der Waals surface area contributed by atoms with Crippen molar-refractivity contribution in [1.82, 2.24) is 30.9 Å². The van der Waals surface area contributed by atoms with E-state index in [4.69, 9.17) is 36.1 Å². The van der Waals surface area contributed by atoms with Crippen molar-refractivity contribution in [3.05, 3.63) is 83.1 Å². The predicted octanol–water partition coefficient (Wildman–Crippen LogP) is 2.97. The van der Waals surface area contributed by atoms with E-state index in [0.29, 0.717) is 28.3 Å². The summed E-state index contributed by atoms with van der Waals surface area (Å²) in [5, 5.41) is 44.6. The molecular weight excluding hydrogens is 676 g/mol. The van der Waals surface area contributed by atoms with Gasteiger partial charge in [0.2, 0.25) is 17.7 Å². The first kappa shape index (κ1) is 39.7. The van der Waals surface area contributed by atoms with Gasteiger partial charge in [0.15, 0.2) is 11.6 Å². The molecule has 0 aliphatic carbocycles. The fraction of sp³-hybridized carbons (Fsp3) is 0.333. The lowest BCUT2D eigenvalue weighted by Crippen LogP contribution is -2.35. The highest BCUT2D eigenvalue weighted by Gasteiger charge is 2.26. The number of urea groups is 2. The molecule has 2 heterocycles. The lowest BCUT2D eigenvalue weighted by molar-refractivity contribution is -0.119. The molecule has 2 aromatic heterocycles. The Morgan fingerprint density at radius 3 is 1.77 bits per heavy atom. The maximum atomic E-state index is 12.3. The van der Waals surface area contributed by atoms with Crippen molar-refractivity contribution in [3.63, 3.8) is 0 Å². The third-order valence-electron chi connectivity index (χ3n) is 7.10. The Morgan fingerprint density at radius 1 is 0.846 bits per heavy atom. The maximum Gasteiger partial charge on any atom is 0.319 e. The second-order valence-electron chi connectivity index (χ2n) is 11.3. The first-order valence-electron chi connectivity index (χ1n) is 15.8. The monoisotopic (exact) mass is 714 g/mol. The van der Waals surface area contributed by atoms with Gasteiger partial charge < -0.3 is 46.9 Å². The van der Waals surface area contributed by atoms with E-state index < -0.39 is 42.7 Å². The average molecular weight is 715 g/mol. The number of nitrogens with two attached hydrogens (primary N) is 2. The first-order valence-corrected chi connectivity index (χ1v) is 15.8. The molecule has 2 aromatic carbocycles. The quantitative estimate of drug-likeness (QED) is 0.0988. The molecule has 0 spiro atoms. The number of nitrogens with one attached hydrogen (secondary N) is 4. The molecule has 0 unspecified atom stereocenters. The molecule has 52 heavy (non-hydrogen) atoms. The molecule has 19 heteroatoms. The second-order valence-corrected chi connectivity index (χ2v) is 11.3. The number of primary amides is 1. The van der Waals surface area contributed by atoms with E-state index in [9.17, 15) is 19.2 Å². The van der Waals surface area contributed by atoms with Gasteiger partial charge >= 0.3 is 12.1 Å². The average Bonchev–Trinajstić information content (AvgIpc) is 3.82. The summed E-state index contributed by atoms with van der Waals surface area (Å²) in [5.74, 6) is -0.0213. The zero-order valence-corrected chi connectivity index (χ0v) is 28.5. The summed E-state index contributed by atoms with van der Waals surface area (Å²) in [6.07, 6.45) is 0.592. The number of hydrogen-bond donors (Lipinski definition) is 7. The Kier molecular flexibility index (Phi) is 14.9. The van der Waals surface area contributed by atoms with Gasteiger partial charge in [0, 0.05) is 23.7 Å². The Morgan fingerprint density at radius 2 is 1.33 bits per heavy atom. The number of carbonyl (C=O) groups is 4. The number of amides is 5. The summed E-state index contributed by atoms with van der Waals surface area (Å²) >= 11 is 0. The van der Waals surface area contributed by atoms with Gasteiger partial charge in [-0.3, -0.25) is 9.59 Å². The van der Waals surface area contributed by atoms with Crippen LogP contribution in [0.15, 0.2) is 57.6 Å². The number of Topliss-reactive ketones (excluding diaryl/α,β-unsaturated/α-hetero) is 1. The minimum absolute atomic E-state index is 0.0286. The van der Waals surface area contributed by atoms with Gasteiger partial charge in [-0.1, -0.05) is 36.3 Å². The van der Waals surface area contributed by atoms with Crippen LogP contribution in [0.5, 0.6) is 0 Å². The van der Waals surface area contributed by atoms with E-state index in [1.54, 1.807) is 42.5 Å². The molecule has 0 saturated heterocycles. The highest BCUT2D eigenvalue weighted by atomic mass is 16.5. The third kappa shape index (κ3) is 12.3. The number of anilines is 2. The maximum absolute atomic E-state index is 12.3. The number of aliphatic hydroxyl groups is 1. The zero-order valence-electron chi connectivity index (χ0n) is 28.5. The van der Waals surface area contributed by atoms with Crippen LogP contribution in [0.4, 0.5) is 21.0 Å². The molecule has 0 saturated carbocycles. The number of nitrogens with zero attached hydrogens (tertiary/aromatic N) is 6. The summed E-state index contributed by atoms with van der Waals surface area (Å²) in [6.45, 7) is 5.00. The van der Waals surface area contributed by atoms with E-state index >= 15 is 0 Å². The van der Waals surface area contributed by atoms with Crippen molar-refractivity contribution >= 4 is 35.1 Å². The molecule has 0 aliphatic heterocycles. The van der Waals surface area contributed by atoms with Crippen LogP contribution < -0.4 is 32.7 Å². The fourth-order valence-corrected chi connectivity index (χ4v) is 4.27. The smallest absolute Gasteiger partial charge is 0.319 e. The van der Waals surface area contributed by atoms with E-state index in [1.165, 1.54) is 13.0 Å². The summed E-state index contributed by atoms with van der Waals surface area (Å²) in [6, 6.07) is 13.0. The van der Waals surface area contributed by atoms with Gasteiger partial charge in [-0.15, -0.1) is 0 Å². The molecule has 19 nitrogen and oxygen atoms in total. The van der Waals surface area contributed by atoms with Crippen molar-refractivity contribution < 1.29 is 33.3 Å². The van der Waals surface area contributed by atoms with Gasteiger partial charge in [0.25, 0.3) is 0 Å². The van der Waals surface area contributed by atoms with Crippen molar-refractivity contribution in [2.45, 2.75) is 64.1 Å². The van der Waals surface area contributed by atoms with Crippen molar-refractivity contribution in [2.24, 2.45) is 11.5 Å². The van der Waals surface area contributed by atoms with Crippen LogP contribution in [0.3, 0.4) is 0 Å². The Hall–Kier alpha value is -6.70. The Balaban J connectivity index is 0.000000280. The zero-order chi connectivity index (χ0) is 38.2. The SMILES string of the molecule is CC[C@H](C)c1noc([C@H](CC(C)=O)NC(=O)Nc2cccc(C#N)c2)n1.N#Cc1cccc(NC(=O)N[C@@H](CC(N)=O)c2nc([C@@H](N)CO)no2)c1. The molecule has 4 atom stereocenters. The summed E-state index contributed by atoms with van der Waals surface area (Å²) in [7, 11) is 0. The van der Waals surface area contributed by atoms with Gasteiger partial charge in [-0.25, -0.2) is 9.59 Å². The molecule has 4 rings (SSSR count). The number of ketones is 1. The number of carbonyl (C=O) groups excluding carboxylic acids is 4. The van der Waals surface area contributed by atoms with Crippen LogP contribution in [-0.4, -0.2) is 55.7 Å². The van der Waals surface area contributed by atoms with Crippen molar-refractivity contribution in [3.8, 4) is 12.1 Å². The lowest BCUT2D eigenvalue weighted by atomic mass is 10.1. The second kappa shape index (κ2) is 19.5. The van der Waals surface area contributed by atoms with E-state index in [1.807, 2.05) is 26.0 Å². The lowest BCUT2D eigenvalue weighted by Gasteiger charge is -2.14. The molecule has 4 aromatic rings. The van der Waals surface area contributed by atoms with Crippen molar-refractivity contribution in [2.75, 3.05) is 17.2 Å². The number of hydrogen-bond acceptors (Lipinski definition) is 14. The molecule has 5 amide bonds. The molecule has 0 fully saturated rings. The van der Waals surface area contributed by atoms with Crippen LogP contribution in [0.25, 0.3) is 0 Å². The van der Waals surface area contributed by atoms with E-state index in [2.05, 4.69) is 41.5 Å². The minimum atomic E-state index is -0.987. The van der Waals surface area contributed by atoms with Crippen LogP contribution in [0, 0.1) is 22.7 Å². The van der Waals surface area contributed by atoms with Gasteiger partial charge in [-0.05, 0) is 49.7 Å². The van der Waals surface area contributed by atoms with Crippen LogP contribution in [0.1, 0.15) is 98.6 Å². The Bertz CT molecular complexity index is 1790. The first-order chi connectivity index (χ1) is 24.8. The molecule has 272 valence electrons. The highest BCUT2D eigenvalue weighted by Crippen LogP contribution is 2.21. The Labute approximate surface area is 297 Å². The largest absolute Gasteiger partial charge is 0.394 e. The van der Waals surface area contributed by atoms with Crippen LogP contribution in [0.2, 0.25) is 0 Å². The number of nitriles is 2.